The fourth-order valence-electron chi connectivity index (χ4n) is 3.30. The Kier molecular flexibility index (Phi) is 5.16. The van der Waals surface area contributed by atoms with E-state index in [-0.39, 0.29) is 5.91 Å². The number of benzene rings is 1. The molecule has 1 aromatic carbocycles. The van der Waals surface area contributed by atoms with Crippen molar-refractivity contribution in [1.29, 1.82) is 0 Å². The summed E-state index contributed by atoms with van der Waals surface area (Å²) >= 11 is 6.11. The third-order valence-electron chi connectivity index (χ3n) is 5.07. The standard InChI is InChI=1S/C20H23ClN4O2/c1-14(27-18-5-3-2-4-16(18)21)20(26)25-12-10-24(11-13-25)19-9-8-17(22-23-19)15-6-7-15/h2-5,8-9,14-15H,6-7,10-13H2,1H3. The van der Waals surface area contributed by atoms with Gasteiger partial charge in [0.05, 0.1) is 10.7 Å². The van der Waals surface area contributed by atoms with Crippen LogP contribution >= 0.6 is 11.6 Å². The Bertz CT molecular complexity index is 802. The van der Waals surface area contributed by atoms with Gasteiger partial charge in [-0.05, 0) is 44.0 Å². The van der Waals surface area contributed by atoms with Crippen LogP contribution in [0.5, 0.6) is 5.75 Å². The maximum absolute atomic E-state index is 12.7. The molecule has 1 atom stereocenters. The number of aromatic nitrogens is 2. The van der Waals surface area contributed by atoms with E-state index in [1.165, 1.54) is 12.8 Å². The Morgan fingerprint density at radius 3 is 2.48 bits per heavy atom. The van der Waals surface area contributed by atoms with Gasteiger partial charge in [-0.15, -0.1) is 5.10 Å². The quantitative estimate of drug-likeness (QED) is 0.790. The lowest BCUT2D eigenvalue weighted by Gasteiger charge is -2.36. The monoisotopic (exact) mass is 386 g/mol. The molecule has 0 radical (unpaired) electrons. The van der Waals surface area contributed by atoms with Gasteiger partial charge in [0.2, 0.25) is 0 Å². The molecule has 142 valence electrons. The first-order valence-electron chi connectivity index (χ1n) is 9.40. The maximum Gasteiger partial charge on any atom is 0.263 e. The van der Waals surface area contributed by atoms with Gasteiger partial charge < -0.3 is 14.5 Å². The van der Waals surface area contributed by atoms with E-state index in [0.717, 1.165) is 24.6 Å². The Morgan fingerprint density at radius 1 is 1.11 bits per heavy atom. The summed E-state index contributed by atoms with van der Waals surface area (Å²) < 4.78 is 5.75. The van der Waals surface area contributed by atoms with Crippen molar-refractivity contribution in [2.24, 2.45) is 0 Å². The molecule has 1 aliphatic heterocycles. The summed E-state index contributed by atoms with van der Waals surface area (Å²) in [7, 11) is 0. The van der Waals surface area contributed by atoms with Crippen LogP contribution in [0.4, 0.5) is 5.82 Å². The second-order valence-corrected chi connectivity index (χ2v) is 7.50. The summed E-state index contributed by atoms with van der Waals surface area (Å²) in [5.41, 5.74) is 1.10. The van der Waals surface area contributed by atoms with Gasteiger partial charge in [0, 0.05) is 32.1 Å². The van der Waals surface area contributed by atoms with Crippen LogP contribution in [0, 0.1) is 0 Å². The minimum Gasteiger partial charge on any atom is -0.479 e. The number of halogens is 1. The molecule has 0 N–H and O–H groups in total. The fraction of sp³-hybridized carbons (Fsp3) is 0.450. The molecule has 1 amide bonds. The van der Waals surface area contributed by atoms with Crippen molar-refractivity contribution < 1.29 is 9.53 Å². The van der Waals surface area contributed by atoms with Gasteiger partial charge in [-0.25, -0.2) is 0 Å². The van der Waals surface area contributed by atoms with Gasteiger partial charge in [-0.2, -0.15) is 5.10 Å². The molecule has 1 saturated carbocycles. The van der Waals surface area contributed by atoms with Crippen LogP contribution in [-0.4, -0.2) is 53.3 Å². The summed E-state index contributed by atoms with van der Waals surface area (Å²) in [5.74, 6) is 2.00. The van der Waals surface area contributed by atoms with Crippen molar-refractivity contribution >= 4 is 23.3 Å². The van der Waals surface area contributed by atoms with Crippen LogP contribution in [-0.2, 0) is 4.79 Å². The topological polar surface area (TPSA) is 58.6 Å². The molecule has 1 aliphatic carbocycles. The molecule has 4 rings (SSSR count). The van der Waals surface area contributed by atoms with Crippen molar-refractivity contribution in [3.63, 3.8) is 0 Å². The van der Waals surface area contributed by atoms with Gasteiger partial charge in [-0.3, -0.25) is 4.79 Å². The molecule has 1 unspecified atom stereocenters. The Hall–Kier alpha value is -2.34. The smallest absolute Gasteiger partial charge is 0.263 e. The number of amides is 1. The number of anilines is 1. The minimum absolute atomic E-state index is 0.0234. The number of nitrogens with zero attached hydrogens (tertiary/aromatic N) is 4. The summed E-state index contributed by atoms with van der Waals surface area (Å²) in [6, 6.07) is 11.3. The van der Waals surface area contributed by atoms with Crippen molar-refractivity contribution in [3.05, 3.63) is 47.1 Å². The highest BCUT2D eigenvalue weighted by Gasteiger charge is 2.28. The van der Waals surface area contributed by atoms with Crippen LogP contribution in [0.1, 0.15) is 31.4 Å². The lowest BCUT2D eigenvalue weighted by atomic mass is 10.2. The van der Waals surface area contributed by atoms with E-state index < -0.39 is 6.10 Å². The summed E-state index contributed by atoms with van der Waals surface area (Å²) in [6.07, 6.45) is 1.88. The van der Waals surface area contributed by atoms with E-state index >= 15 is 0 Å². The predicted molar refractivity (Wildman–Crippen MR) is 104 cm³/mol. The fourth-order valence-corrected chi connectivity index (χ4v) is 3.48. The number of hydrogen-bond donors (Lipinski definition) is 0. The minimum atomic E-state index is -0.575. The van der Waals surface area contributed by atoms with Crippen LogP contribution in [0.25, 0.3) is 0 Å². The van der Waals surface area contributed by atoms with Crippen molar-refractivity contribution in [1.82, 2.24) is 15.1 Å². The predicted octanol–water partition coefficient (Wildman–Crippen LogP) is 3.12. The van der Waals surface area contributed by atoms with Crippen molar-refractivity contribution in [2.75, 3.05) is 31.1 Å². The van der Waals surface area contributed by atoms with E-state index in [1.54, 1.807) is 19.1 Å². The molecule has 0 bridgehead atoms. The zero-order valence-electron chi connectivity index (χ0n) is 15.3. The summed E-state index contributed by atoms with van der Waals surface area (Å²) in [4.78, 5) is 16.7. The largest absolute Gasteiger partial charge is 0.479 e. The number of carbonyl (C=O) groups excluding carboxylic acids is 1. The Balaban J connectivity index is 1.31. The molecule has 27 heavy (non-hydrogen) atoms. The Morgan fingerprint density at radius 2 is 1.85 bits per heavy atom. The van der Waals surface area contributed by atoms with E-state index in [4.69, 9.17) is 16.3 Å². The molecule has 1 saturated heterocycles. The van der Waals surface area contributed by atoms with Crippen LogP contribution < -0.4 is 9.64 Å². The molecule has 6 nitrogen and oxygen atoms in total. The second-order valence-electron chi connectivity index (χ2n) is 7.09. The molecule has 2 aromatic rings. The number of rotatable bonds is 5. The van der Waals surface area contributed by atoms with Gasteiger partial charge in [0.15, 0.2) is 11.9 Å². The van der Waals surface area contributed by atoms with Gasteiger partial charge in [-0.1, -0.05) is 23.7 Å². The third-order valence-corrected chi connectivity index (χ3v) is 5.38. The Labute approximate surface area is 164 Å². The van der Waals surface area contributed by atoms with Gasteiger partial charge in [0.1, 0.15) is 5.75 Å². The van der Waals surface area contributed by atoms with Crippen molar-refractivity contribution in [3.8, 4) is 5.75 Å². The van der Waals surface area contributed by atoms with Gasteiger partial charge in [0.25, 0.3) is 5.91 Å². The zero-order chi connectivity index (χ0) is 18.8. The SMILES string of the molecule is CC(Oc1ccccc1Cl)C(=O)N1CCN(c2ccc(C3CC3)nn2)CC1. The molecule has 1 aromatic heterocycles. The van der Waals surface area contributed by atoms with Crippen LogP contribution in [0.15, 0.2) is 36.4 Å². The van der Waals surface area contributed by atoms with Crippen LogP contribution in [0.2, 0.25) is 5.02 Å². The summed E-state index contributed by atoms with van der Waals surface area (Å²) in [5, 5.41) is 9.23. The van der Waals surface area contributed by atoms with Gasteiger partial charge >= 0.3 is 0 Å². The number of hydrogen-bond acceptors (Lipinski definition) is 5. The van der Waals surface area contributed by atoms with Crippen molar-refractivity contribution in [2.45, 2.75) is 31.8 Å². The molecular formula is C20H23ClN4O2. The molecule has 7 heteroatoms. The van der Waals surface area contributed by atoms with E-state index in [9.17, 15) is 4.79 Å². The van der Waals surface area contributed by atoms with E-state index in [2.05, 4.69) is 21.2 Å². The first-order chi connectivity index (χ1) is 13.1. The number of para-hydroxylation sites is 1. The molecular weight excluding hydrogens is 364 g/mol. The number of ether oxygens (including phenoxy) is 1. The normalized spacial score (nSPS) is 18.3. The maximum atomic E-state index is 12.7. The number of piperazine rings is 1. The molecule has 2 fully saturated rings. The molecule has 2 heterocycles. The molecule has 2 aliphatic rings. The third kappa shape index (κ3) is 4.16. The lowest BCUT2D eigenvalue weighted by molar-refractivity contribution is -0.138. The average Bonchev–Trinajstić information content (AvgIpc) is 3.55. The number of carbonyl (C=O) groups is 1. The zero-order valence-corrected chi connectivity index (χ0v) is 16.1. The highest BCUT2D eigenvalue weighted by Crippen LogP contribution is 2.38. The first kappa shape index (κ1) is 18.0. The van der Waals surface area contributed by atoms with E-state index in [0.29, 0.717) is 29.8 Å². The second kappa shape index (κ2) is 7.72. The average molecular weight is 387 g/mol. The lowest BCUT2D eigenvalue weighted by Crippen LogP contribution is -2.52. The highest BCUT2D eigenvalue weighted by molar-refractivity contribution is 6.32. The van der Waals surface area contributed by atoms with E-state index in [1.807, 2.05) is 23.1 Å². The highest BCUT2D eigenvalue weighted by atomic mass is 35.5. The molecule has 0 spiro atoms. The van der Waals surface area contributed by atoms with Crippen LogP contribution in [0.3, 0.4) is 0 Å². The summed E-state index contributed by atoms with van der Waals surface area (Å²) in [6.45, 7) is 4.52. The first-order valence-corrected chi connectivity index (χ1v) is 9.78.